The van der Waals surface area contributed by atoms with Gasteiger partial charge >= 0.3 is 5.88 Å². The Labute approximate surface area is 156 Å². The number of rotatable bonds is 4. The number of carbonyl (C=O) groups excluding carboxylic acids is 1. The van der Waals surface area contributed by atoms with Crippen LogP contribution in [0.5, 0.6) is 0 Å². The van der Waals surface area contributed by atoms with E-state index in [-0.39, 0.29) is 11.8 Å². The van der Waals surface area contributed by atoms with Crippen molar-refractivity contribution >= 4 is 63.6 Å². The Morgan fingerprint density at radius 1 is 1.36 bits per heavy atom. The van der Waals surface area contributed by atoms with Crippen LogP contribution in [0.4, 0.5) is 11.7 Å². The first-order chi connectivity index (χ1) is 12.0. The first kappa shape index (κ1) is 17.3. The van der Waals surface area contributed by atoms with Gasteiger partial charge in [0.2, 0.25) is 0 Å². The minimum absolute atomic E-state index is 0.304. The third kappa shape index (κ3) is 3.78. The molecular formula is C15H8ClN3O4S2. The van der Waals surface area contributed by atoms with E-state index in [1.54, 1.807) is 24.3 Å². The third-order valence-corrected chi connectivity index (χ3v) is 4.58. The Balaban J connectivity index is 1.76. The van der Waals surface area contributed by atoms with E-state index in [4.69, 9.17) is 28.2 Å². The first-order valence-corrected chi connectivity index (χ1v) is 8.36. The molecule has 7 nitrogen and oxygen atoms in total. The summed E-state index contributed by atoms with van der Waals surface area (Å²) in [6.45, 7) is 0. The summed E-state index contributed by atoms with van der Waals surface area (Å²) in [4.78, 5) is 28.2. The number of hydrogen-bond acceptors (Lipinski definition) is 7. The quantitative estimate of drug-likeness (QED) is 0.333. The van der Waals surface area contributed by atoms with E-state index in [9.17, 15) is 14.9 Å². The van der Waals surface area contributed by atoms with Gasteiger partial charge in [0.15, 0.2) is 4.32 Å². The molecule has 0 bridgehead atoms. The summed E-state index contributed by atoms with van der Waals surface area (Å²) >= 11 is 12.1. The monoisotopic (exact) mass is 393 g/mol. The first-order valence-electron chi connectivity index (χ1n) is 6.76. The van der Waals surface area contributed by atoms with Crippen LogP contribution in [0, 0.1) is 10.1 Å². The summed E-state index contributed by atoms with van der Waals surface area (Å²) < 4.78 is 5.35. The number of thioether (sulfide) groups is 1. The van der Waals surface area contributed by atoms with Crippen molar-refractivity contribution in [2.24, 2.45) is 0 Å². The number of nitro groups is 1. The molecule has 2 aromatic heterocycles. The number of furan rings is 1. The SMILES string of the molecule is O=C1/C(=C/C=C/c2ccc([N+](=O)[O-])o2)SC(=S)N1c1ccc(Cl)cn1. The Hall–Kier alpha value is -2.49. The number of anilines is 1. The van der Waals surface area contributed by atoms with E-state index in [0.717, 1.165) is 11.8 Å². The molecule has 0 aliphatic carbocycles. The van der Waals surface area contributed by atoms with Crippen molar-refractivity contribution in [3.63, 3.8) is 0 Å². The number of aromatic nitrogens is 1. The van der Waals surface area contributed by atoms with Crippen molar-refractivity contribution in [3.8, 4) is 0 Å². The second kappa shape index (κ2) is 7.18. The second-order valence-electron chi connectivity index (χ2n) is 4.67. The fraction of sp³-hybridized carbons (Fsp3) is 0. The van der Waals surface area contributed by atoms with Gasteiger partial charge in [-0.3, -0.25) is 14.9 Å². The van der Waals surface area contributed by atoms with Crippen molar-refractivity contribution in [3.05, 3.63) is 68.4 Å². The van der Waals surface area contributed by atoms with Crippen molar-refractivity contribution in [2.45, 2.75) is 0 Å². The Kier molecular flexibility index (Phi) is 4.98. The highest BCUT2D eigenvalue weighted by molar-refractivity contribution is 8.27. The highest BCUT2D eigenvalue weighted by Crippen LogP contribution is 2.34. The normalized spacial score (nSPS) is 16.4. The summed E-state index contributed by atoms with van der Waals surface area (Å²) in [7, 11) is 0. The fourth-order valence-corrected chi connectivity index (χ4v) is 3.28. The maximum absolute atomic E-state index is 12.5. The lowest BCUT2D eigenvalue weighted by atomic mass is 10.3. The maximum atomic E-state index is 12.5. The molecule has 126 valence electrons. The zero-order chi connectivity index (χ0) is 18.0. The molecule has 1 aliphatic heterocycles. The van der Waals surface area contributed by atoms with E-state index in [0.29, 0.717) is 25.8 Å². The number of allylic oxidation sites excluding steroid dienone is 2. The molecule has 0 aromatic carbocycles. The van der Waals surface area contributed by atoms with Crippen LogP contribution in [0.15, 0.2) is 51.9 Å². The average Bonchev–Trinajstić information content (AvgIpc) is 3.14. The fourth-order valence-electron chi connectivity index (χ4n) is 1.94. The summed E-state index contributed by atoms with van der Waals surface area (Å²) in [6.07, 6.45) is 6.07. The van der Waals surface area contributed by atoms with E-state index in [2.05, 4.69) is 4.98 Å². The van der Waals surface area contributed by atoms with Crippen molar-refractivity contribution in [1.29, 1.82) is 0 Å². The van der Waals surface area contributed by atoms with Crippen LogP contribution in [-0.2, 0) is 4.79 Å². The molecule has 0 radical (unpaired) electrons. The number of halogens is 1. The number of pyridine rings is 1. The summed E-state index contributed by atoms with van der Waals surface area (Å²) in [5, 5.41) is 11.0. The van der Waals surface area contributed by atoms with Crippen LogP contribution in [0.1, 0.15) is 5.76 Å². The predicted octanol–water partition coefficient (Wildman–Crippen LogP) is 4.20. The molecule has 1 saturated heterocycles. The highest BCUT2D eigenvalue weighted by atomic mass is 35.5. The molecule has 1 fully saturated rings. The molecule has 0 unspecified atom stereocenters. The summed E-state index contributed by atoms with van der Waals surface area (Å²) in [6, 6.07) is 5.94. The summed E-state index contributed by atoms with van der Waals surface area (Å²) in [5.74, 6) is 0.0402. The van der Waals surface area contributed by atoms with Gasteiger partial charge in [-0.05, 0) is 30.4 Å². The van der Waals surface area contributed by atoms with Gasteiger partial charge < -0.3 is 4.42 Å². The van der Waals surface area contributed by atoms with Gasteiger partial charge in [-0.15, -0.1) is 0 Å². The molecule has 2 aromatic rings. The zero-order valence-electron chi connectivity index (χ0n) is 12.3. The number of thiocarbonyl (C=S) groups is 1. The largest absolute Gasteiger partial charge is 0.433 e. The van der Waals surface area contributed by atoms with Gasteiger partial charge in [-0.2, -0.15) is 0 Å². The minimum atomic E-state index is -0.623. The van der Waals surface area contributed by atoms with Crippen molar-refractivity contribution in [2.75, 3.05) is 4.90 Å². The molecule has 0 spiro atoms. The van der Waals surface area contributed by atoms with E-state index in [1.807, 2.05) is 0 Å². The van der Waals surface area contributed by atoms with Crippen LogP contribution in [-0.4, -0.2) is 20.1 Å². The highest BCUT2D eigenvalue weighted by Gasteiger charge is 2.33. The van der Waals surface area contributed by atoms with Gasteiger partial charge in [0.25, 0.3) is 5.91 Å². The van der Waals surface area contributed by atoms with Crippen LogP contribution in [0.3, 0.4) is 0 Å². The van der Waals surface area contributed by atoms with Gasteiger partial charge in [0, 0.05) is 6.20 Å². The zero-order valence-corrected chi connectivity index (χ0v) is 14.7. The summed E-state index contributed by atoms with van der Waals surface area (Å²) in [5.41, 5.74) is 0. The molecule has 1 aliphatic rings. The van der Waals surface area contributed by atoms with Crippen LogP contribution in [0.2, 0.25) is 5.02 Å². The molecule has 3 heterocycles. The molecule has 3 rings (SSSR count). The standard InChI is InChI=1S/C15H8ClN3O4S2/c16-9-4-6-12(17-8-9)18-14(20)11(25-15(18)24)3-1-2-10-5-7-13(23-10)19(21)22/h1-8H/b2-1+,11-3-. The molecular weight excluding hydrogens is 386 g/mol. The Morgan fingerprint density at radius 2 is 2.16 bits per heavy atom. The van der Waals surface area contributed by atoms with Crippen molar-refractivity contribution in [1.82, 2.24) is 4.98 Å². The van der Waals surface area contributed by atoms with Crippen LogP contribution >= 0.6 is 35.6 Å². The molecule has 0 saturated carbocycles. The molecule has 0 atom stereocenters. The Bertz CT molecular complexity index is 921. The lowest BCUT2D eigenvalue weighted by Crippen LogP contribution is -2.28. The third-order valence-electron chi connectivity index (χ3n) is 3.04. The smallest absolute Gasteiger partial charge is 0.401 e. The number of nitrogens with zero attached hydrogens (tertiary/aromatic N) is 3. The lowest BCUT2D eigenvalue weighted by Gasteiger charge is -2.12. The van der Waals surface area contributed by atoms with Gasteiger partial charge in [0.05, 0.1) is 16.0 Å². The van der Waals surface area contributed by atoms with Crippen LogP contribution < -0.4 is 4.90 Å². The number of amides is 1. The lowest BCUT2D eigenvalue weighted by molar-refractivity contribution is -0.402. The van der Waals surface area contributed by atoms with Crippen LogP contribution in [0.25, 0.3) is 6.08 Å². The van der Waals surface area contributed by atoms with Gasteiger partial charge in [-0.1, -0.05) is 41.7 Å². The van der Waals surface area contributed by atoms with Gasteiger partial charge in [0.1, 0.15) is 16.5 Å². The minimum Gasteiger partial charge on any atom is -0.401 e. The molecule has 1 amide bonds. The second-order valence-corrected chi connectivity index (χ2v) is 6.78. The number of hydrogen-bond donors (Lipinski definition) is 0. The van der Waals surface area contributed by atoms with Gasteiger partial charge in [-0.25, -0.2) is 9.88 Å². The van der Waals surface area contributed by atoms with Crippen molar-refractivity contribution < 1.29 is 14.1 Å². The molecule has 10 heteroatoms. The van der Waals surface area contributed by atoms with E-state index >= 15 is 0 Å². The Morgan fingerprint density at radius 3 is 2.80 bits per heavy atom. The van der Waals surface area contributed by atoms with E-state index in [1.165, 1.54) is 29.3 Å². The topological polar surface area (TPSA) is 89.5 Å². The maximum Gasteiger partial charge on any atom is 0.433 e. The molecule has 0 N–H and O–H groups in total. The molecule has 25 heavy (non-hydrogen) atoms. The van der Waals surface area contributed by atoms with E-state index < -0.39 is 4.92 Å². The average molecular weight is 394 g/mol. The predicted molar refractivity (Wildman–Crippen MR) is 99.4 cm³/mol. The number of carbonyl (C=O) groups is 1.